The highest BCUT2D eigenvalue weighted by Gasteiger charge is 2.34. The highest BCUT2D eigenvalue weighted by Crippen LogP contribution is 2.39. The van der Waals surface area contributed by atoms with E-state index in [2.05, 4.69) is 26.0 Å². The zero-order valence-electron chi connectivity index (χ0n) is 12.1. The number of aliphatic carboxylic acids is 1. The zero-order chi connectivity index (χ0) is 14.3. The van der Waals surface area contributed by atoms with E-state index in [0.717, 1.165) is 30.6 Å². The number of fused-ring (bicyclic) bond motifs is 1. The summed E-state index contributed by atoms with van der Waals surface area (Å²) in [5, 5.41) is 9.04. The van der Waals surface area contributed by atoms with Crippen LogP contribution in [0.2, 0.25) is 0 Å². The summed E-state index contributed by atoms with van der Waals surface area (Å²) in [6.45, 7) is 4.95. The zero-order valence-corrected chi connectivity index (χ0v) is 12.1. The fraction of sp³-hybridized carbons (Fsp3) is 0.562. The minimum atomic E-state index is -0.759. The van der Waals surface area contributed by atoms with Crippen LogP contribution in [0.25, 0.3) is 0 Å². The molecule has 4 nitrogen and oxygen atoms in total. The fourth-order valence-corrected chi connectivity index (χ4v) is 2.95. The van der Waals surface area contributed by atoms with Crippen molar-refractivity contribution < 1.29 is 14.6 Å². The van der Waals surface area contributed by atoms with Crippen molar-refractivity contribution in [3.8, 4) is 5.75 Å². The molecule has 1 aromatic rings. The van der Waals surface area contributed by atoms with Crippen LogP contribution in [0.15, 0.2) is 18.2 Å². The van der Waals surface area contributed by atoms with E-state index in [0.29, 0.717) is 12.6 Å². The Morgan fingerprint density at radius 2 is 2.20 bits per heavy atom. The molecule has 2 aliphatic rings. The Balaban J connectivity index is 1.81. The van der Waals surface area contributed by atoms with E-state index < -0.39 is 5.97 Å². The molecule has 20 heavy (non-hydrogen) atoms. The summed E-state index contributed by atoms with van der Waals surface area (Å²) in [7, 11) is 0. The highest BCUT2D eigenvalue weighted by molar-refractivity contribution is 5.69. The maximum Gasteiger partial charge on any atom is 0.317 e. The third kappa shape index (κ3) is 2.80. The van der Waals surface area contributed by atoms with Gasteiger partial charge >= 0.3 is 5.97 Å². The predicted octanol–water partition coefficient (Wildman–Crippen LogP) is 2.45. The molecule has 1 aliphatic heterocycles. The average molecular weight is 275 g/mol. The lowest BCUT2D eigenvalue weighted by Crippen LogP contribution is -2.31. The molecule has 0 spiro atoms. The van der Waals surface area contributed by atoms with Gasteiger partial charge in [-0.2, -0.15) is 0 Å². The summed E-state index contributed by atoms with van der Waals surface area (Å²) in [6.07, 6.45) is 3.13. The van der Waals surface area contributed by atoms with Crippen molar-refractivity contribution in [2.45, 2.75) is 51.3 Å². The SMILES string of the molecule is CC1(C)Cc2cccc(CN(CC(=O)O)C3CC3)c2O1. The molecule has 0 bridgehead atoms. The number of benzene rings is 1. The molecule has 1 aromatic carbocycles. The molecule has 0 amide bonds. The maximum absolute atomic E-state index is 11.0. The number of ether oxygens (including phenoxy) is 1. The first-order valence-corrected chi connectivity index (χ1v) is 7.20. The monoisotopic (exact) mass is 275 g/mol. The van der Waals surface area contributed by atoms with Crippen LogP contribution in [0.3, 0.4) is 0 Å². The molecule has 108 valence electrons. The molecule has 0 saturated heterocycles. The van der Waals surface area contributed by atoms with Gasteiger partial charge in [-0.15, -0.1) is 0 Å². The lowest BCUT2D eigenvalue weighted by Gasteiger charge is -2.22. The average Bonchev–Trinajstić information content (AvgIpc) is 3.11. The number of carbonyl (C=O) groups is 1. The van der Waals surface area contributed by atoms with Crippen LogP contribution in [-0.4, -0.2) is 34.2 Å². The van der Waals surface area contributed by atoms with Gasteiger partial charge in [-0.05, 0) is 32.3 Å². The summed E-state index contributed by atoms with van der Waals surface area (Å²) >= 11 is 0. The van der Waals surface area contributed by atoms with Crippen LogP contribution >= 0.6 is 0 Å². The molecule has 0 unspecified atom stereocenters. The third-order valence-corrected chi connectivity index (χ3v) is 3.95. The second-order valence-corrected chi connectivity index (χ2v) is 6.47. The molecule has 1 N–H and O–H groups in total. The third-order valence-electron chi connectivity index (χ3n) is 3.95. The highest BCUT2D eigenvalue weighted by atomic mass is 16.5. The molecule has 0 aromatic heterocycles. The Bertz CT molecular complexity index is 535. The number of carboxylic acids is 1. The smallest absolute Gasteiger partial charge is 0.317 e. The molecule has 3 rings (SSSR count). The Labute approximate surface area is 119 Å². The molecule has 0 radical (unpaired) electrons. The van der Waals surface area contributed by atoms with Crippen molar-refractivity contribution in [1.29, 1.82) is 0 Å². The summed E-state index contributed by atoms with van der Waals surface area (Å²) in [4.78, 5) is 13.0. The van der Waals surface area contributed by atoms with E-state index in [-0.39, 0.29) is 12.1 Å². The number of hydrogen-bond acceptors (Lipinski definition) is 3. The first kappa shape index (κ1) is 13.4. The molecular weight excluding hydrogens is 254 g/mol. The van der Waals surface area contributed by atoms with Crippen molar-refractivity contribution in [1.82, 2.24) is 4.90 Å². The Morgan fingerprint density at radius 1 is 1.45 bits per heavy atom. The molecular formula is C16H21NO3. The predicted molar refractivity (Wildman–Crippen MR) is 75.9 cm³/mol. The van der Waals surface area contributed by atoms with Gasteiger partial charge in [0, 0.05) is 24.6 Å². The van der Waals surface area contributed by atoms with Crippen LogP contribution in [0.5, 0.6) is 5.75 Å². The van der Waals surface area contributed by atoms with E-state index in [1.807, 2.05) is 11.0 Å². The summed E-state index contributed by atoms with van der Waals surface area (Å²) in [6, 6.07) is 6.63. The van der Waals surface area contributed by atoms with E-state index in [9.17, 15) is 4.79 Å². The number of para-hydroxylation sites is 1. The van der Waals surface area contributed by atoms with Gasteiger partial charge < -0.3 is 9.84 Å². The van der Waals surface area contributed by atoms with Crippen LogP contribution in [-0.2, 0) is 17.8 Å². The van der Waals surface area contributed by atoms with E-state index >= 15 is 0 Å². The van der Waals surface area contributed by atoms with Gasteiger partial charge in [0.15, 0.2) is 0 Å². The van der Waals surface area contributed by atoms with Gasteiger partial charge in [0.25, 0.3) is 0 Å². The number of hydrogen-bond donors (Lipinski definition) is 1. The fourth-order valence-electron chi connectivity index (χ4n) is 2.95. The lowest BCUT2D eigenvalue weighted by atomic mass is 10.0. The molecule has 1 saturated carbocycles. The van der Waals surface area contributed by atoms with Gasteiger partial charge in [-0.3, -0.25) is 9.69 Å². The van der Waals surface area contributed by atoms with Gasteiger partial charge in [0.2, 0.25) is 0 Å². The van der Waals surface area contributed by atoms with Crippen LogP contribution in [0.4, 0.5) is 0 Å². The van der Waals surface area contributed by atoms with Gasteiger partial charge in [0.05, 0.1) is 6.54 Å². The second kappa shape index (κ2) is 4.77. The number of rotatable bonds is 5. The maximum atomic E-state index is 11.0. The van der Waals surface area contributed by atoms with Gasteiger partial charge in [-0.25, -0.2) is 0 Å². The van der Waals surface area contributed by atoms with Gasteiger partial charge in [0.1, 0.15) is 11.4 Å². The minimum Gasteiger partial charge on any atom is -0.487 e. The summed E-state index contributed by atoms with van der Waals surface area (Å²) < 4.78 is 6.06. The topological polar surface area (TPSA) is 49.8 Å². The van der Waals surface area contributed by atoms with Crippen LogP contribution < -0.4 is 4.74 Å². The Morgan fingerprint density at radius 3 is 2.85 bits per heavy atom. The summed E-state index contributed by atoms with van der Waals surface area (Å²) in [5.41, 5.74) is 2.19. The van der Waals surface area contributed by atoms with Crippen molar-refractivity contribution in [2.75, 3.05) is 6.54 Å². The van der Waals surface area contributed by atoms with Crippen molar-refractivity contribution in [2.24, 2.45) is 0 Å². The molecule has 4 heteroatoms. The second-order valence-electron chi connectivity index (χ2n) is 6.47. The van der Waals surface area contributed by atoms with Crippen molar-refractivity contribution >= 4 is 5.97 Å². The van der Waals surface area contributed by atoms with Crippen molar-refractivity contribution in [3.05, 3.63) is 29.3 Å². The molecule has 1 heterocycles. The first-order chi connectivity index (χ1) is 9.44. The molecule has 1 aliphatic carbocycles. The number of carboxylic acid groups (broad SMARTS) is 1. The number of nitrogens with zero attached hydrogens (tertiary/aromatic N) is 1. The largest absolute Gasteiger partial charge is 0.487 e. The van der Waals surface area contributed by atoms with E-state index in [1.165, 1.54) is 5.56 Å². The lowest BCUT2D eigenvalue weighted by molar-refractivity contribution is -0.138. The van der Waals surface area contributed by atoms with Crippen LogP contribution in [0.1, 0.15) is 37.8 Å². The summed E-state index contributed by atoms with van der Waals surface area (Å²) in [5.74, 6) is 0.208. The van der Waals surface area contributed by atoms with Gasteiger partial charge in [-0.1, -0.05) is 18.2 Å². The normalized spacial score (nSPS) is 19.8. The van der Waals surface area contributed by atoms with Crippen LogP contribution in [0, 0.1) is 0 Å². The van der Waals surface area contributed by atoms with E-state index in [1.54, 1.807) is 0 Å². The van der Waals surface area contributed by atoms with E-state index in [4.69, 9.17) is 9.84 Å². The molecule has 1 fully saturated rings. The molecule has 0 atom stereocenters. The minimum absolute atomic E-state index is 0.109. The quantitative estimate of drug-likeness (QED) is 0.896. The Kier molecular flexibility index (Phi) is 3.21. The standard InChI is InChI=1S/C16H21NO3/c1-16(2)8-11-4-3-5-12(15(11)20-16)9-17(10-14(18)19)13-6-7-13/h3-5,13H,6-10H2,1-2H3,(H,18,19). The Hall–Kier alpha value is -1.55. The first-order valence-electron chi connectivity index (χ1n) is 7.20. The van der Waals surface area contributed by atoms with Crippen molar-refractivity contribution in [3.63, 3.8) is 0 Å².